The van der Waals surface area contributed by atoms with Gasteiger partial charge < -0.3 is 19.8 Å². The number of nitrogens with one attached hydrogen (secondary N) is 1. The van der Waals surface area contributed by atoms with Crippen molar-refractivity contribution in [2.24, 2.45) is 0 Å². The van der Waals surface area contributed by atoms with E-state index in [4.69, 9.17) is 9.05 Å². The molecule has 0 bridgehead atoms. The Morgan fingerprint density at radius 3 is 1.41 bits per heavy atom. The van der Waals surface area contributed by atoms with Gasteiger partial charge in [-0.05, 0) is 70.6 Å². The molecule has 0 aromatic heterocycles. The Kier molecular flexibility index (Phi) is 44.1. The number of rotatable bonds is 47. The van der Waals surface area contributed by atoms with Gasteiger partial charge in [-0.1, -0.05) is 209 Å². The number of carbonyl (C=O) groups is 1. The lowest BCUT2D eigenvalue weighted by molar-refractivity contribution is -0.870. The van der Waals surface area contributed by atoms with Gasteiger partial charge in [0.1, 0.15) is 13.2 Å². The van der Waals surface area contributed by atoms with Crippen LogP contribution in [-0.2, 0) is 18.4 Å². The van der Waals surface area contributed by atoms with Crippen LogP contribution in [0.25, 0.3) is 0 Å². The summed E-state index contributed by atoms with van der Waals surface area (Å²) < 4.78 is 23.6. The minimum Gasteiger partial charge on any atom is -0.387 e. The fourth-order valence-electron chi connectivity index (χ4n) is 7.30. The Morgan fingerprint density at radius 1 is 0.540 bits per heavy atom. The average Bonchev–Trinajstić information content (AvgIpc) is 3.24. The summed E-state index contributed by atoms with van der Waals surface area (Å²) in [5.74, 6) is -0.200. The summed E-state index contributed by atoms with van der Waals surface area (Å²) in [5.41, 5.74) is 0. The fourth-order valence-corrected chi connectivity index (χ4v) is 8.04. The number of aliphatic hydroxyl groups excluding tert-OH is 1. The molecule has 0 aliphatic heterocycles. The van der Waals surface area contributed by atoms with Crippen LogP contribution in [0.15, 0.2) is 60.8 Å². The molecule has 0 spiro atoms. The van der Waals surface area contributed by atoms with E-state index in [0.29, 0.717) is 17.4 Å². The zero-order chi connectivity index (χ0) is 46.4. The van der Waals surface area contributed by atoms with Crippen molar-refractivity contribution in [2.45, 2.75) is 238 Å². The number of amides is 1. The molecule has 0 heterocycles. The molecule has 1 amide bonds. The van der Waals surface area contributed by atoms with Gasteiger partial charge in [-0.3, -0.25) is 13.8 Å². The standard InChI is InChI=1S/C54H101N2O6P/c1-6-8-10-12-14-16-18-20-22-24-26-27-28-30-31-33-35-37-39-41-43-45-47-53(57)52(51-62-63(59,60)61-50-49-56(3,4)5)55-54(58)48-46-44-42-40-38-36-34-32-29-25-23-21-19-17-15-13-11-9-7-2/h15,17,21,23,29,32,37,39,45,47,52-53,57H,6-14,16,18-20,22,24-28,30-31,33-36,38,40-44,46,48-51H2,1-5H3,(H-,55,58,59,60)/p+1/b17-15-,23-21-,32-29-,39-37+,47-45+. The van der Waals surface area contributed by atoms with Gasteiger partial charge in [-0.2, -0.15) is 0 Å². The van der Waals surface area contributed by atoms with Gasteiger partial charge in [0, 0.05) is 6.42 Å². The molecule has 3 atom stereocenters. The molecule has 3 N–H and O–H groups in total. The van der Waals surface area contributed by atoms with Gasteiger partial charge in [0.15, 0.2) is 0 Å². The SMILES string of the molecule is CCCCC/C=C\C/C=C\C/C=C\CCCCCCCCC(=O)NC(COP(=O)(O)OCC[N+](C)(C)C)C(O)/C=C/CC/C=C/CCCCCCCCCCCCCCCCCC. The van der Waals surface area contributed by atoms with Crippen molar-refractivity contribution in [1.29, 1.82) is 0 Å². The van der Waals surface area contributed by atoms with Gasteiger partial charge in [-0.15, -0.1) is 0 Å². The van der Waals surface area contributed by atoms with Gasteiger partial charge >= 0.3 is 7.82 Å². The molecule has 0 saturated carbocycles. The number of aliphatic hydroxyl groups is 1. The summed E-state index contributed by atoms with van der Waals surface area (Å²) in [7, 11) is 1.54. The summed E-state index contributed by atoms with van der Waals surface area (Å²) in [5, 5.41) is 13.9. The van der Waals surface area contributed by atoms with Gasteiger partial charge in [0.25, 0.3) is 0 Å². The maximum Gasteiger partial charge on any atom is 0.472 e. The minimum atomic E-state index is -4.36. The summed E-state index contributed by atoms with van der Waals surface area (Å²) in [6.07, 6.45) is 60.2. The molecular weight excluding hydrogens is 804 g/mol. The highest BCUT2D eigenvalue weighted by atomic mass is 31.2. The van der Waals surface area contributed by atoms with Crippen LogP contribution in [0.4, 0.5) is 0 Å². The summed E-state index contributed by atoms with van der Waals surface area (Å²) in [6.45, 7) is 4.76. The molecule has 0 aromatic carbocycles. The Hall–Kier alpha value is -1.80. The predicted molar refractivity (Wildman–Crippen MR) is 272 cm³/mol. The number of quaternary nitrogens is 1. The van der Waals surface area contributed by atoms with Crippen molar-refractivity contribution in [3.05, 3.63) is 60.8 Å². The molecule has 0 radical (unpaired) electrons. The molecule has 0 saturated heterocycles. The van der Waals surface area contributed by atoms with Crippen molar-refractivity contribution in [1.82, 2.24) is 5.32 Å². The van der Waals surface area contributed by atoms with Crippen LogP contribution in [0, 0.1) is 0 Å². The van der Waals surface area contributed by atoms with E-state index in [9.17, 15) is 19.4 Å². The molecule has 368 valence electrons. The molecule has 3 unspecified atom stereocenters. The smallest absolute Gasteiger partial charge is 0.387 e. The van der Waals surface area contributed by atoms with Crippen molar-refractivity contribution < 1.29 is 32.9 Å². The lowest BCUT2D eigenvalue weighted by Crippen LogP contribution is -2.45. The fraction of sp³-hybridized carbons (Fsp3) is 0.796. The van der Waals surface area contributed by atoms with Crippen LogP contribution in [0.1, 0.15) is 226 Å². The number of hydrogen-bond acceptors (Lipinski definition) is 5. The molecule has 0 rings (SSSR count). The summed E-state index contributed by atoms with van der Waals surface area (Å²) >= 11 is 0. The summed E-state index contributed by atoms with van der Waals surface area (Å²) in [4.78, 5) is 23.2. The first kappa shape index (κ1) is 61.2. The van der Waals surface area contributed by atoms with Gasteiger partial charge in [0.2, 0.25) is 5.91 Å². The largest absolute Gasteiger partial charge is 0.472 e. The maximum absolute atomic E-state index is 12.9. The van der Waals surface area contributed by atoms with E-state index < -0.39 is 20.0 Å². The third-order valence-corrected chi connectivity index (χ3v) is 12.4. The van der Waals surface area contributed by atoms with Crippen molar-refractivity contribution in [2.75, 3.05) is 40.9 Å². The van der Waals surface area contributed by atoms with E-state index in [-0.39, 0.29) is 19.1 Å². The van der Waals surface area contributed by atoms with E-state index >= 15 is 0 Å². The molecular formula is C54H102N2O6P+. The number of phosphoric acid groups is 1. The molecule has 0 aromatic rings. The van der Waals surface area contributed by atoms with E-state index in [1.807, 2.05) is 27.2 Å². The van der Waals surface area contributed by atoms with Crippen molar-refractivity contribution in [3.8, 4) is 0 Å². The second-order valence-electron chi connectivity index (χ2n) is 18.9. The molecule has 63 heavy (non-hydrogen) atoms. The lowest BCUT2D eigenvalue weighted by Gasteiger charge is -2.25. The Morgan fingerprint density at radius 2 is 0.921 bits per heavy atom. The van der Waals surface area contributed by atoms with Crippen LogP contribution in [0.2, 0.25) is 0 Å². The second-order valence-corrected chi connectivity index (χ2v) is 20.3. The topological polar surface area (TPSA) is 105 Å². The van der Waals surface area contributed by atoms with Crippen LogP contribution < -0.4 is 5.32 Å². The predicted octanol–water partition coefficient (Wildman–Crippen LogP) is 15.4. The number of unbranched alkanes of at least 4 members (excludes halogenated alkanes) is 26. The highest BCUT2D eigenvalue weighted by Crippen LogP contribution is 2.43. The first-order chi connectivity index (χ1) is 30.5. The number of allylic oxidation sites excluding steroid dienone is 9. The highest BCUT2D eigenvalue weighted by Gasteiger charge is 2.27. The molecule has 0 aliphatic carbocycles. The molecule has 9 heteroatoms. The zero-order valence-corrected chi connectivity index (χ0v) is 42.7. The van der Waals surface area contributed by atoms with Crippen LogP contribution in [0.5, 0.6) is 0 Å². The number of nitrogens with zero attached hydrogens (tertiary/aromatic N) is 1. The van der Waals surface area contributed by atoms with Crippen LogP contribution >= 0.6 is 7.82 Å². The van der Waals surface area contributed by atoms with Gasteiger partial charge in [0.05, 0.1) is 39.9 Å². The number of carbonyl (C=O) groups excluding carboxylic acids is 1. The van der Waals surface area contributed by atoms with Gasteiger partial charge in [-0.25, -0.2) is 4.57 Å². The van der Waals surface area contributed by atoms with Crippen LogP contribution in [-0.4, -0.2) is 73.4 Å². The average molecular weight is 906 g/mol. The molecule has 0 fully saturated rings. The first-order valence-corrected chi connectivity index (χ1v) is 27.7. The number of phosphoric ester groups is 1. The van der Waals surface area contributed by atoms with Crippen LogP contribution in [0.3, 0.4) is 0 Å². The quantitative estimate of drug-likeness (QED) is 0.0243. The Bertz CT molecular complexity index is 1210. The third-order valence-electron chi connectivity index (χ3n) is 11.5. The minimum absolute atomic E-state index is 0.0512. The highest BCUT2D eigenvalue weighted by molar-refractivity contribution is 7.47. The number of hydrogen-bond donors (Lipinski definition) is 3. The lowest BCUT2D eigenvalue weighted by atomic mass is 10.0. The molecule has 8 nitrogen and oxygen atoms in total. The zero-order valence-electron chi connectivity index (χ0n) is 41.8. The summed E-state index contributed by atoms with van der Waals surface area (Å²) in [6, 6.07) is -0.873. The van der Waals surface area contributed by atoms with Crippen molar-refractivity contribution >= 4 is 13.7 Å². The van der Waals surface area contributed by atoms with Crippen molar-refractivity contribution in [3.63, 3.8) is 0 Å². The Labute approximate surface area is 390 Å². The van der Waals surface area contributed by atoms with E-state index in [0.717, 1.165) is 64.2 Å². The molecule has 0 aliphatic rings. The van der Waals surface area contributed by atoms with E-state index in [1.165, 1.54) is 141 Å². The van der Waals surface area contributed by atoms with E-state index in [2.05, 4.69) is 67.8 Å². The second kappa shape index (κ2) is 45.4. The third kappa shape index (κ3) is 48.0. The maximum atomic E-state index is 12.9. The first-order valence-electron chi connectivity index (χ1n) is 26.2. The normalized spacial score (nSPS) is 14.6. The monoisotopic (exact) mass is 906 g/mol. The number of likely N-dealkylation sites (N-methyl/N-ethyl adjacent to an activating group) is 1. The van der Waals surface area contributed by atoms with E-state index in [1.54, 1.807) is 6.08 Å². The Balaban J connectivity index is 4.38.